The molecule has 1 saturated heterocycles. The highest BCUT2D eigenvalue weighted by molar-refractivity contribution is 5.78. The van der Waals surface area contributed by atoms with E-state index in [0.29, 0.717) is 25.5 Å². The van der Waals surface area contributed by atoms with E-state index < -0.39 is 0 Å². The Morgan fingerprint density at radius 2 is 2.09 bits per heavy atom. The monoisotopic (exact) mass is 313 g/mol. The molecule has 0 saturated carbocycles. The van der Waals surface area contributed by atoms with Gasteiger partial charge in [-0.2, -0.15) is 0 Å². The average Bonchev–Trinajstić information content (AvgIpc) is 3.10. The lowest BCUT2D eigenvalue weighted by molar-refractivity contribution is -0.128. The molecule has 1 aromatic carbocycles. The summed E-state index contributed by atoms with van der Waals surface area (Å²) in [7, 11) is 1.66. The van der Waals surface area contributed by atoms with Crippen LogP contribution in [0.1, 0.15) is 12.1 Å². The van der Waals surface area contributed by atoms with Crippen LogP contribution in [-0.4, -0.2) is 47.2 Å². The van der Waals surface area contributed by atoms with Crippen molar-refractivity contribution >= 4 is 5.91 Å². The number of benzene rings is 1. The zero-order valence-electron chi connectivity index (χ0n) is 13.7. The highest BCUT2D eigenvalue weighted by Gasteiger charge is 2.29. The molecule has 2 aromatic rings. The van der Waals surface area contributed by atoms with Gasteiger partial charge < -0.3 is 14.2 Å². The van der Waals surface area contributed by atoms with Crippen molar-refractivity contribution in [2.75, 3.05) is 26.8 Å². The van der Waals surface area contributed by atoms with E-state index >= 15 is 0 Å². The lowest BCUT2D eigenvalue weighted by Crippen LogP contribution is -2.29. The van der Waals surface area contributed by atoms with E-state index in [0.717, 1.165) is 30.0 Å². The third-order valence-electron chi connectivity index (χ3n) is 4.46. The molecule has 5 nitrogen and oxygen atoms in total. The SMILES string of the molecule is COCCN1CC(Cn2cnc(-c3ccccc3)c2C)CC1=O. The molecule has 1 fully saturated rings. The fourth-order valence-corrected chi connectivity index (χ4v) is 3.18. The highest BCUT2D eigenvalue weighted by Crippen LogP contribution is 2.24. The first-order valence-corrected chi connectivity index (χ1v) is 8.03. The Morgan fingerprint density at radius 3 is 2.83 bits per heavy atom. The van der Waals surface area contributed by atoms with Crippen molar-refractivity contribution in [3.63, 3.8) is 0 Å². The predicted octanol–water partition coefficient (Wildman–Crippen LogP) is 2.35. The number of aromatic nitrogens is 2. The van der Waals surface area contributed by atoms with Crippen LogP contribution in [0.5, 0.6) is 0 Å². The van der Waals surface area contributed by atoms with E-state index in [9.17, 15) is 4.79 Å². The van der Waals surface area contributed by atoms with Crippen LogP contribution in [0.25, 0.3) is 11.3 Å². The predicted molar refractivity (Wildman–Crippen MR) is 89.0 cm³/mol. The second-order valence-corrected chi connectivity index (χ2v) is 6.10. The van der Waals surface area contributed by atoms with Crippen molar-refractivity contribution in [3.8, 4) is 11.3 Å². The molecule has 23 heavy (non-hydrogen) atoms. The van der Waals surface area contributed by atoms with Gasteiger partial charge in [-0.05, 0) is 6.92 Å². The minimum Gasteiger partial charge on any atom is -0.383 e. The molecule has 1 atom stereocenters. The van der Waals surface area contributed by atoms with Crippen molar-refractivity contribution in [2.24, 2.45) is 5.92 Å². The van der Waals surface area contributed by atoms with Gasteiger partial charge >= 0.3 is 0 Å². The number of likely N-dealkylation sites (tertiary alicyclic amines) is 1. The van der Waals surface area contributed by atoms with Crippen molar-refractivity contribution < 1.29 is 9.53 Å². The van der Waals surface area contributed by atoms with Crippen LogP contribution in [0.2, 0.25) is 0 Å². The van der Waals surface area contributed by atoms with Crippen molar-refractivity contribution in [1.82, 2.24) is 14.5 Å². The van der Waals surface area contributed by atoms with E-state index in [2.05, 4.69) is 28.6 Å². The van der Waals surface area contributed by atoms with Crippen molar-refractivity contribution in [3.05, 3.63) is 42.4 Å². The number of imidazole rings is 1. The standard InChI is InChI=1S/C18H23N3O2/c1-14-18(16-6-4-3-5-7-16)19-13-21(14)12-15-10-17(22)20(11-15)8-9-23-2/h3-7,13,15H,8-12H2,1-2H3. The first-order valence-electron chi connectivity index (χ1n) is 8.03. The molecular formula is C18H23N3O2. The molecule has 5 heteroatoms. The minimum absolute atomic E-state index is 0.230. The second-order valence-electron chi connectivity index (χ2n) is 6.10. The molecular weight excluding hydrogens is 290 g/mol. The number of amides is 1. The van der Waals surface area contributed by atoms with Gasteiger partial charge in [-0.1, -0.05) is 30.3 Å². The summed E-state index contributed by atoms with van der Waals surface area (Å²) in [5.41, 5.74) is 3.30. The molecule has 1 amide bonds. The number of methoxy groups -OCH3 is 1. The molecule has 1 aromatic heterocycles. The van der Waals surface area contributed by atoms with Crippen LogP contribution >= 0.6 is 0 Å². The lowest BCUT2D eigenvalue weighted by atomic mass is 10.1. The molecule has 0 N–H and O–H groups in total. The molecule has 3 rings (SSSR count). The molecule has 122 valence electrons. The summed E-state index contributed by atoms with van der Waals surface area (Å²) in [5.74, 6) is 0.573. The highest BCUT2D eigenvalue weighted by atomic mass is 16.5. The summed E-state index contributed by atoms with van der Waals surface area (Å²) in [6, 6.07) is 10.2. The van der Waals surface area contributed by atoms with Gasteiger partial charge in [-0.3, -0.25) is 4.79 Å². The summed E-state index contributed by atoms with van der Waals surface area (Å²) in [4.78, 5) is 18.5. The fraction of sp³-hybridized carbons (Fsp3) is 0.444. The Balaban J connectivity index is 1.68. The minimum atomic E-state index is 0.230. The Labute approximate surface area is 136 Å². The maximum atomic E-state index is 12.0. The summed E-state index contributed by atoms with van der Waals surface area (Å²) >= 11 is 0. The third-order valence-corrected chi connectivity index (χ3v) is 4.46. The molecule has 1 unspecified atom stereocenters. The van der Waals surface area contributed by atoms with Crippen molar-refractivity contribution in [2.45, 2.75) is 19.9 Å². The second kappa shape index (κ2) is 6.96. The first kappa shape index (κ1) is 15.7. The zero-order chi connectivity index (χ0) is 16.2. The third kappa shape index (κ3) is 3.45. The number of hydrogen-bond acceptors (Lipinski definition) is 3. The van der Waals surface area contributed by atoms with Crippen LogP contribution in [0.15, 0.2) is 36.7 Å². The smallest absolute Gasteiger partial charge is 0.223 e. The van der Waals surface area contributed by atoms with E-state index in [1.54, 1.807) is 7.11 Å². The van der Waals surface area contributed by atoms with E-state index in [4.69, 9.17) is 4.74 Å². The Morgan fingerprint density at radius 1 is 1.30 bits per heavy atom. The van der Waals surface area contributed by atoms with Gasteiger partial charge in [0, 0.05) is 50.3 Å². The fourth-order valence-electron chi connectivity index (χ4n) is 3.18. The van der Waals surface area contributed by atoms with Gasteiger partial charge in [-0.15, -0.1) is 0 Å². The van der Waals surface area contributed by atoms with Gasteiger partial charge in [0.05, 0.1) is 18.6 Å². The summed E-state index contributed by atoms with van der Waals surface area (Å²) in [6.45, 7) is 5.01. The quantitative estimate of drug-likeness (QED) is 0.822. The molecule has 1 aliphatic heterocycles. The van der Waals surface area contributed by atoms with Gasteiger partial charge in [0.25, 0.3) is 0 Å². The van der Waals surface area contributed by atoms with Gasteiger partial charge in [-0.25, -0.2) is 4.98 Å². The average molecular weight is 313 g/mol. The number of nitrogens with zero attached hydrogens (tertiary/aromatic N) is 3. The Hall–Kier alpha value is -2.14. The molecule has 1 aliphatic rings. The van der Waals surface area contributed by atoms with Gasteiger partial charge in [0.1, 0.15) is 0 Å². The maximum Gasteiger partial charge on any atom is 0.223 e. The number of rotatable bonds is 6. The van der Waals surface area contributed by atoms with Crippen LogP contribution in [-0.2, 0) is 16.1 Å². The normalized spacial score (nSPS) is 17.9. The molecule has 2 heterocycles. The van der Waals surface area contributed by atoms with E-state index in [-0.39, 0.29) is 5.91 Å². The topological polar surface area (TPSA) is 47.4 Å². The van der Waals surface area contributed by atoms with Gasteiger partial charge in [0.2, 0.25) is 5.91 Å². The number of carbonyl (C=O) groups is 1. The zero-order valence-corrected chi connectivity index (χ0v) is 13.7. The molecule has 0 spiro atoms. The summed E-state index contributed by atoms with van der Waals surface area (Å²) < 4.78 is 7.23. The molecule has 0 bridgehead atoms. The van der Waals surface area contributed by atoms with Crippen LogP contribution in [0.4, 0.5) is 0 Å². The Bertz CT molecular complexity index is 666. The van der Waals surface area contributed by atoms with Crippen LogP contribution in [0, 0.1) is 12.8 Å². The lowest BCUT2D eigenvalue weighted by Gasteiger charge is -2.16. The molecule has 0 radical (unpaired) electrons. The molecule has 0 aliphatic carbocycles. The van der Waals surface area contributed by atoms with Crippen LogP contribution < -0.4 is 0 Å². The van der Waals surface area contributed by atoms with Gasteiger partial charge in [0.15, 0.2) is 0 Å². The number of carbonyl (C=O) groups excluding carboxylic acids is 1. The van der Waals surface area contributed by atoms with E-state index in [1.165, 1.54) is 0 Å². The summed E-state index contributed by atoms with van der Waals surface area (Å²) in [6.07, 6.45) is 2.50. The first-order chi connectivity index (χ1) is 11.2. The number of ether oxygens (including phenoxy) is 1. The Kier molecular flexibility index (Phi) is 4.76. The maximum absolute atomic E-state index is 12.0. The van der Waals surface area contributed by atoms with Crippen molar-refractivity contribution in [1.29, 1.82) is 0 Å². The van der Waals surface area contributed by atoms with E-state index in [1.807, 2.05) is 29.4 Å². The summed E-state index contributed by atoms with van der Waals surface area (Å²) in [5, 5.41) is 0. The number of hydrogen-bond donors (Lipinski definition) is 0. The largest absolute Gasteiger partial charge is 0.383 e. The van der Waals surface area contributed by atoms with Crippen LogP contribution in [0.3, 0.4) is 0 Å².